The quantitative estimate of drug-likeness (QED) is 0.641. The number of hydrogen-bond donors (Lipinski definition) is 2. The van der Waals surface area contributed by atoms with Crippen LogP contribution in [0.3, 0.4) is 0 Å². The van der Waals surface area contributed by atoms with Crippen molar-refractivity contribution < 1.29 is 4.39 Å². The molecule has 0 aliphatic carbocycles. The largest absolute Gasteiger partial charge is 0.387 e. The molecule has 19 heavy (non-hydrogen) atoms. The standard InChI is InChI=1S/C15H14ClFN2/c1-9(15(18)19)10-2-4-11(5-3-10)12-6-7-13(16)14(17)8-12/h2-9H,1H3,(H3,18,19). The first-order valence-corrected chi connectivity index (χ1v) is 6.26. The summed E-state index contributed by atoms with van der Waals surface area (Å²) in [6, 6.07) is 12.3. The predicted molar refractivity (Wildman–Crippen MR) is 77.2 cm³/mol. The minimum absolute atomic E-state index is 0.115. The predicted octanol–water partition coefficient (Wildman–Crippen LogP) is 4.19. The van der Waals surface area contributed by atoms with E-state index < -0.39 is 5.82 Å². The van der Waals surface area contributed by atoms with Crippen LogP contribution in [-0.4, -0.2) is 5.84 Å². The molecule has 3 N–H and O–H groups in total. The highest BCUT2D eigenvalue weighted by Gasteiger charge is 2.09. The molecule has 2 rings (SSSR count). The number of benzene rings is 2. The Hall–Kier alpha value is -1.87. The first-order chi connectivity index (χ1) is 8.99. The van der Waals surface area contributed by atoms with E-state index in [-0.39, 0.29) is 16.8 Å². The van der Waals surface area contributed by atoms with Gasteiger partial charge in [0.1, 0.15) is 5.82 Å². The second-order valence-corrected chi connectivity index (χ2v) is 4.84. The molecule has 0 saturated heterocycles. The van der Waals surface area contributed by atoms with Crippen LogP contribution >= 0.6 is 11.6 Å². The minimum Gasteiger partial charge on any atom is -0.387 e. The van der Waals surface area contributed by atoms with Gasteiger partial charge in [-0.1, -0.05) is 48.9 Å². The summed E-state index contributed by atoms with van der Waals surface area (Å²) in [5, 5.41) is 7.54. The Bertz CT molecular complexity index is 608. The van der Waals surface area contributed by atoms with Crippen LogP contribution in [0.1, 0.15) is 18.4 Å². The summed E-state index contributed by atoms with van der Waals surface area (Å²) >= 11 is 5.66. The van der Waals surface area contributed by atoms with Crippen LogP contribution in [0.25, 0.3) is 11.1 Å². The van der Waals surface area contributed by atoms with E-state index in [0.717, 1.165) is 16.7 Å². The Labute approximate surface area is 116 Å². The molecule has 1 unspecified atom stereocenters. The Morgan fingerprint density at radius 2 is 1.74 bits per heavy atom. The number of hydrogen-bond acceptors (Lipinski definition) is 1. The zero-order valence-corrected chi connectivity index (χ0v) is 11.2. The molecule has 0 aliphatic rings. The molecule has 0 radical (unpaired) electrons. The van der Waals surface area contributed by atoms with E-state index >= 15 is 0 Å². The monoisotopic (exact) mass is 276 g/mol. The van der Waals surface area contributed by atoms with Crippen LogP contribution in [0, 0.1) is 11.2 Å². The molecule has 2 aromatic carbocycles. The minimum atomic E-state index is -0.430. The van der Waals surface area contributed by atoms with Crippen LogP contribution in [0.4, 0.5) is 4.39 Å². The molecule has 2 nitrogen and oxygen atoms in total. The van der Waals surface area contributed by atoms with Crippen molar-refractivity contribution in [2.24, 2.45) is 5.73 Å². The van der Waals surface area contributed by atoms with E-state index in [0.29, 0.717) is 0 Å². The lowest BCUT2D eigenvalue weighted by Crippen LogP contribution is -2.17. The van der Waals surface area contributed by atoms with Gasteiger partial charge in [0.2, 0.25) is 0 Å². The van der Waals surface area contributed by atoms with Gasteiger partial charge in [0.15, 0.2) is 0 Å². The van der Waals surface area contributed by atoms with E-state index in [2.05, 4.69) is 0 Å². The summed E-state index contributed by atoms with van der Waals surface area (Å²) < 4.78 is 13.4. The van der Waals surface area contributed by atoms with Gasteiger partial charge in [0, 0.05) is 5.92 Å². The van der Waals surface area contributed by atoms with E-state index in [1.165, 1.54) is 6.07 Å². The maximum absolute atomic E-state index is 13.4. The molecule has 98 valence electrons. The highest BCUT2D eigenvalue weighted by molar-refractivity contribution is 6.30. The maximum atomic E-state index is 13.4. The van der Waals surface area contributed by atoms with E-state index in [9.17, 15) is 4.39 Å². The highest BCUT2D eigenvalue weighted by Crippen LogP contribution is 2.26. The van der Waals surface area contributed by atoms with Crippen molar-refractivity contribution in [1.29, 1.82) is 5.41 Å². The van der Waals surface area contributed by atoms with E-state index in [1.807, 2.05) is 31.2 Å². The molecule has 0 heterocycles. The lowest BCUT2D eigenvalue weighted by molar-refractivity contribution is 0.629. The molecule has 0 aliphatic heterocycles. The number of amidine groups is 1. The zero-order chi connectivity index (χ0) is 14.0. The Balaban J connectivity index is 2.32. The van der Waals surface area contributed by atoms with Crippen LogP contribution in [0.5, 0.6) is 0 Å². The number of nitrogens with two attached hydrogens (primary N) is 1. The summed E-state index contributed by atoms with van der Waals surface area (Å²) in [5.41, 5.74) is 8.10. The van der Waals surface area contributed by atoms with E-state index in [1.54, 1.807) is 12.1 Å². The van der Waals surface area contributed by atoms with E-state index in [4.69, 9.17) is 22.7 Å². The Morgan fingerprint density at radius 3 is 2.26 bits per heavy atom. The fourth-order valence-electron chi connectivity index (χ4n) is 1.82. The van der Waals surface area contributed by atoms with Crippen molar-refractivity contribution in [1.82, 2.24) is 0 Å². The average molecular weight is 277 g/mol. The van der Waals surface area contributed by atoms with Gasteiger partial charge in [0.05, 0.1) is 10.9 Å². The Morgan fingerprint density at radius 1 is 1.16 bits per heavy atom. The second kappa shape index (κ2) is 5.41. The second-order valence-electron chi connectivity index (χ2n) is 4.43. The smallest absolute Gasteiger partial charge is 0.142 e. The van der Waals surface area contributed by atoms with Gasteiger partial charge >= 0.3 is 0 Å². The van der Waals surface area contributed by atoms with Crippen molar-refractivity contribution in [2.75, 3.05) is 0 Å². The molecule has 0 bridgehead atoms. The molecule has 4 heteroatoms. The van der Waals surface area contributed by atoms with Gasteiger partial charge in [-0.3, -0.25) is 5.41 Å². The van der Waals surface area contributed by atoms with Gasteiger partial charge in [-0.2, -0.15) is 0 Å². The lowest BCUT2D eigenvalue weighted by atomic mass is 9.97. The normalized spacial score (nSPS) is 12.2. The van der Waals surface area contributed by atoms with Crippen LogP contribution in [-0.2, 0) is 0 Å². The summed E-state index contributed by atoms with van der Waals surface area (Å²) in [5.74, 6) is -0.415. The fraction of sp³-hybridized carbons (Fsp3) is 0.133. The van der Waals surface area contributed by atoms with Gasteiger partial charge in [-0.25, -0.2) is 4.39 Å². The van der Waals surface area contributed by atoms with Crippen LogP contribution < -0.4 is 5.73 Å². The van der Waals surface area contributed by atoms with Crippen molar-refractivity contribution in [2.45, 2.75) is 12.8 Å². The first-order valence-electron chi connectivity index (χ1n) is 5.88. The van der Waals surface area contributed by atoms with Crippen molar-refractivity contribution in [3.05, 3.63) is 58.9 Å². The first kappa shape index (κ1) is 13.6. The topological polar surface area (TPSA) is 49.9 Å². The number of halogens is 2. The third kappa shape index (κ3) is 2.93. The molecule has 2 aromatic rings. The molecule has 1 atom stereocenters. The molecule has 0 saturated carbocycles. The summed E-state index contributed by atoms with van der Waals surface area (Å²) in [7, 11) is 0. The Kier molecular flexibility index (Phi) is 3.86. The lowest BCUT2D eigenvalue weighted by Gasteiger charge is -2.11. The van der Waals surface area contributed by atoms with Crippen LogP contribution in [0.15, 0.2) is 42.5 Å². The summed E-state index contributed by atoms with van der Waals surface area (Å²) in [4.78, 5) is 0. The number of rotatable bonds is 3. The SMILES string of the molecule is CC(C(=N)N)c1ccc(-c2ccc(Cl)c(F)c2)cc1. The fourth-order valence-corrected chi connectivity index (χ4v) is 1.94. The van der Waals surface area contributed by atoms with Gasteiger partial charge in [0.25, 0.3) is 0 Å². The third-order valence-corrected chi connectivity index (χ3v) is 3.44. The highest BCUT2D eigenvalue weighted by atomic mass is 35.5. The molecule has 0 fully saturated rings. The van der Waals surface area contributed by atoms with Gasteiger partial charge < -0.3 is 5.73 Å². The van der Waals surface area contributed by atoms with Gasteiger partial charge in [-0.15, -0.1) is 0 Å². The number of nitrogens with one attached hydrogen (secondary N) is 1. The zero-order valence-electron chi connectivity index (χ0n) is 10.5. The summed E-state index contributed by atoms with van der Waals surface area (Å²) in [6.45, 7) is 1.87. The van der Waals surface area contributed by atoms with Crippen molar-refractivity contribution in [3.8, 4) is 11.1 Å². The summed E-state index contributed by atoms with van der Waals surface area (Å²) in [6.07, 6.45) is 0. The van der Waals surface area contributed by atoms with Gasteiger partial charge in [-0.05, 0) is 28.8 Å². The molecule has 0 aromatic heterocycles. The third-order valence-electron chi connectivity index (χ3n) is 3.13. The van der Waals surface area contributed by atoms with Crippen molar-refractivity contribution in [3.63, 3.8) is 0 Å². The molecule has 0 spiro atoms. The maximum Gasteiger partial charge on any atom is 0.142 e. The molecule has 0 amide bonds. The molecular formula is C15H14ClFN2. The van der Waals surface area contributed by atoms with Crippen molar-refractivity contribution >= 4 is 17.4 Å². The average Bonchev–Trinajstić information content (AvgIpc) is 2.41. The molecular weight excluding hydrogens is 263 g/mol. The van der Waals surface area contributed by atoms with Crippen LogP contribution in [0.2, 0.25) is 5.02 Å².